The minimum absolute atomic E-state index is 0.0570. The zero-order valence-corrected chi connectivity index (χ0v) is 21.6. The molecular weight excluding hydrogens is 504 g/mol. The van der Waals surface area contributed by atoms with Crippen molar-refractivity contribution in [1.29, 1.82) is 0 Å². The largest absolute Gasteiger partial charge is 0.497 e. The average molecular weight is 531 g/mol. The number of benzene rings is 3. The van der Waals surface area contributed by atoms with Crippen LogP contribution in [0.2, 0.25) is 5.02 Å². The molecule has 1 aliphatic carbocycles. The summed E-state index contributed by atoms with van der Waals surface area (Å²) in [5.74, 6) is -0.975. The molecule has 2 aliphatic rings. The number of allylic oxidation sites excluding steroid dienone is 1. The Morgan fingerprint density at radius 2 is 1.76 bits per heavy atom. The van der Waals surface area contributed by atoms with Crippen molar-refractivity contribution in [3.63, 3.8) is 0 Å². The lowest BCUT2D eigenvalue weighted by Gasteiger charge is -2.35. The summed E-state index contributed by atoms with van der Waals surface area (Å²) in [5, 5.41) is 13.4. The van der Waals surface area contributed by atoms with Crippen LogP contribution in [0.4, 0.5) is 11.4 Å². The van der Waals surface area contributed by atoms with Crippen LogP contribution in [0.5, 0.6) is 5.75 Å². The summed E-state index contributed by atoms with van der Waals surface area (Å²) < 4.78 is 5.46. The van der Waals surface area contributed by atoms with Crippen LogP contribution in [-0.2, 0) is 14.4 Å². The molecule has 0 spiro atoms. The second-order valence-electron chi connectivity index (χ2n) is 9.45. The highest BCUT2D eigenvalue weighted by molar-refractivity contribution is 6.30. The number of hydrogen-bond donors (Lipinski definition) is 2. The number of halogens is 1. The first kappa shape index (κ1) is 25.5. The van der Waals surface area contributed by atoms with E-state index in [0.29, 0.717) is 39.7 Å². The summed E-state index contributed by atoms with van der Waals surface area (Å²) in [6, 6.07) is 21.4. The number of ketones is 1. The summed E-state index contributed by atoms with van der Waals surface area (Å²) >= 11 is 6.10. The van der Waals surface area contributed by atoms with Crippen molar-refractivity contribution in [3.05, 3.63) is 100 Å². The Morgan fingerprint density at radius 3 is 2.50 bits per heavy atom. The molecule has 0 bridgehead atoms. The van der Waals surface area contributed by atoms with Crippen LogP contribution in [0.1, 0.15) is 48.8 Å². The minimum atomic E-state index is -1.06. The fraction of sp³-hybridized carbons (Fsp3) is 0.233. The zero-order chi connectivity index (χ0) is 26.8. The van der Waals surface area contributed by atoms with Crippen LogP contribution in [-0.4, -0.2) is 29.9 Å². The minimum Gasteiger partial charge on any atom is -0.497 e. The van der Waals surface area contributed by atoms with Crippen LogP contribution in [0.15, 0.2) is 84.1 Å². The number of carbonyl (C=O) groups excluding carboxylic acids is 2. The predicted octanol–water partition coefficient (Wildman–Crippen LogP) is 6.11. The molecule has 0 fully saturated rings. The number of nitrogens with one attached hydrogen (secondary N) is 1. The first-order chi connectivity index (χ1) is 18.4. The molecule has 0 unspecified atom stereocenters. The third kappa shape index (κ3) is 5.02. The molecular formula is C30H27ClN2O5. The maximum atomic E-state index is 14.0. The average Bonchev–Trinajstić information content (AvgIpc) is 3.07. The first-order valence-corrected chi connectivity index (χ1v) is 12.8. The van der Waals surface area contributed by atoms with Crippen molar-refractivity contribution in [2.45, 2.75) is 37.6 Å². The maximum Gasteiger partial charge on any atom is 0.303 e. The summed E-state index contributed by atoms with van der Waals surface area (Å²) in [6.45, 7) is 0. The van der Waals surface area contributed by atoms with Crippen molar-refractivity contribution in [2.75, 3.05) is 17.3 Å². The van der Waals surface area contributed by atoms with Gasteiger partial charge in [-0.2, -0.15) is 0 Å². The van der Waals surface area contributed by atoms with Gasteiger partial charge in [0, 0.05) is 29.1 Å². The smallest absolute Gasteiger partial charge is 0.303 e. The number of ether oxygens (including phenoxy) is 1. The maximum absolute atomic E-state index is 14.0. The molecule has 3 aromatic carbocycles. The number of para-hydroxylation sites is 2. The van der Waals surface area contributed by atoms with Gasteiger partial charge in [0.15, 0.2) is 5.78 Å². The van der Waals surface area contributed by atoms with Gasteiger partial charge in [0.25, 0.3) is 0 Å². The number of carboxylic acids is 1. The van der Waals surface area contributed by atoms with E-state index in [1.54, 1.807) is 18.1 Å². The lowest BCUT2D eigenvalue weighted by molar-refractivity contribution is -0.138. The number of carbonyl (C=O) groups is 3. The van der Waals surface area contributed by atoms with Crippen LogP contribution < -0.4 is 15.0 Å². The topological polar surface area (TPSA) is 95.9 Å². The lowest BCUT2D eigenvalue weighted by atomic mass is 9.78. The highest BCUT2D eigenvalue weighted by atomic mass is 35.5. The molecule has 1 heterocycles. The molecule has 7 nitrogen and oxygen atoms in total. The Balaban J connectivity index is 1.68. The number of amides is 1. The summed E-state index contributed by atoms with van der Waals surface area (Å²) in [7, 11) is 1.56. The van der Waals surface area contributed by atoms with Gasteiger partial charge in [-0.15, -0.1) is 0 Å². The van der Waals surface area contributed by atoms with Gasteiger partial charge in [0.1, 0.15) is 5.75 Å². The molecule has 2 N–H and O–H groups in total. The molecule has 0 saturated heterocycles. The van der Waals surface area contributed by atoms with Gasteiger partial charge in [-0.05, 0) is 59.9 Å². The van der Waals surface area contributed by atoms with Gasteiger partial charge < -0.3 is 15.2 Å². The normalized spacial score (nSPS) is 18.7. The first-order valence-electron chi connectivity index (χ1n) is 12.4. The molecule has 8 heteroatoms. The Labute approximate surface area is 225 Å². The molecule has 0 radical (unpaired) electrons. The van der Waals surface area contributed by atoms with E-state index in [-0.39, 0.29) is 36.9 Å². The Hall–Kier alpha value is -4.10. The molecule has 1 amide bonds. The van der Waals surface area contributed by atoms with E-state index in [4.69, 9.17) is 16.3 Å². The molecule has 5 rings (SSSR count). The van der Waals surface area contributed by atoms with Crippen LogP contribution in [0.3, 0.4) is 0 Å². The van der Waals surface area contributed by atoms with Crippen molar-refractivity contribution in [3.8, 4) is 5.75 Å². The lowest BCUT2D eigenvalue weighted by Crippen LogP contribution is -2.38. The molecule has 194 valence electrons. The van der Waals surface area contributed by atoms with Crippen molar-refractivity contribution in [2.24, 2.45) is 0 Å². The van der Waals surface area contributed by atoms with E-state index < -0.39 is 12.0 Å². The third-order valence-electron chi connectivity index (χ3n) is 7.06. The van der Waals surface area contributed by atoms with Crippen molar-refractivity contribution < 1.29 is 24.2 Å². The van der Waals surface area contributed by atoms with Gasteiger partial charge in [0.05, 0.1) is 30.9 Å². The Bertz CT molecular complexity index is 1430. The molecule has 38 heavy (non-hydrogen) atoms. The van der Waals surface area contributed by atoms with Gasteiger partial charge in [0.2, 0.25) is 5.91 Å². The number of carboxylic acid groups (broad SMARTS) is 1. The number of hydrogen-bond acceptors (Lipinski definition) is 5. The third-order valence-corrected chi connectivity index (χ3v) is 7.31. The quantitative estimate of drug-likeness (QED) is 0.399. The van der Waals surface area contributed by atoms with Gasteiger partial charge in [-0.1, -0.05) is 48.0 Å². The Morgan fingerprint density at radius 1 is 1.00 bits per heavy atom. The molecule has 0 saturated carbocycles. The van der Waals surface area contributed by atoms with E-state index in [2.05, 4.69) is 5.32 Å². The van der Waals surface area contributed by atoms with Gasteiger partial charge in [-0.3, -0.25) is 19.3 Å². The van der Waals surface area contributed by atoms with Crippen LogP contribution >= 0.6 is 11.6 Å². The molecule has 0 aromatic heterocycles. The molecule has 1 aliphatic heterocycles. The highest BCUT2D eigenvalue weighted by Gasteiger charge is 2.41. The molecule has 2 atom stereocenters. The zero-order valence-electron chi connectivity index (χ0n) is 20.8. The number of fused-ring (bicyclic) bond motifs is 1. The number of methoxy groups -OCH3 is 1. The van der Waals surface area contributed by atoms with E-state index >= 15 is 0 Å². The second kappa shape index (κ2) is 10.7. The summed E-state index contributed by atoms with van der Waals surface area (Å²) in [6.07, 6.45) is 0.327. The SMILES string of the molecule is COc1cccc([C@H]2C3=C(C[C@H](c4ccc(Cl)cc4)CC3=O)Nc3ccccc3N2C(=O)CCC(=O)O)c1. The number of rotatable bonds is 6. The molecule has 3 aromatic rings. The number of aliphatic carboxylic acids is 1. The second-order valence-corrected chi connectivity index (χ2v) is 9.89. The van der Waals surface area contributed by atoms with E-state index in [1.807, 2.05) is 66.7 Å². The number of nitrogens with zero attached hydrogens (tertiary/aromatic N) is 1. The van der Waals surface area contributed by atoms with E-state index in [0.717, 1.165) is 11.3 Å². The predicted molar refractivity (Wildman–Crippen MR) is 146 cm³/mol. The highest BCUT2D eigenvalue weighted by Crippen LogP contribution is 2.48. The van der Waals surface area contributed by atoms with Crippen LogP contribution in [0.25, 0.3) is 0 Å². The van der Waals surface area contributed by atoms with Crippen molar-refractivity contribution >= 4 is 40.6 Å². The standard InChI is InChI=1S/C30H27ClN2O5/c1-38-22-6-4-5-19(15-22)30-29-24(16-20(17-26(29)34)18-9-11-21(31)12-10-18)32-23-7-2-3-8-25(23)33(30)27(35)13-14-28(36)37/h2-12,15,20,30,32H,13-14,16-17H2,1H3,(H,36,37)/t20-,30-/m0/s1. The monoisotopic (exact) mass is 530 g/mol. The van der Waals surface area contributed by atoms with Crippen molar-refractivity contribution in [1.82, 2.24) is 0 Å². The van der Waals surface area contributed by atoms with Crippen LogP contribution in [0, 0.1) is 0 Å². The summed E-state index contributed by atoms with van der Waals surface area (Å²) in [5.41, 5.74) is 4.23. The fourth-order valence-electron chi connectivity index (χ4n) is 5.30. The van der Waals surface area contributed by atoms with Gasteiger partial charge in [-0.25, -0.2) is 0 Å². The Kier molecular flexibility index (Phi) is 7.20. The van der Waals surface area contributed by atoms with E-state index in [1.165, 1.54) is 0 Å². The summed E-state index contributed by atoms with van der Waals surface area (Å²) in [4.78, 5) is 40.6. The fourth-order valence-corrected chi connectivity index (χ4v) is 5.42. The van der Waals surface area contributed by atoms with E-state index in [9.17, 15) is 19.5 Å². The van der Waals surface area contributed by atoms with Gasteiger partial charge >= 0.3 is 5.97 Å². The number of anilines is 2. The number of Topliss-reactive ketones (excluding diaryl/α,β-unsaturated/α-hetero) is 1.